The minimum Gasteiger partial charge on any atom is -0.376 e. The van der Waals surface area contributed by atoms with Crippen LogP contribution in [-0.4, -0.2) is 47.9 Å². The molecule has 2 aromatic rings. The Balaban J connectivity index is 1.51. The maximum Gasteiger partial charge on any atom is 0.0992 e. The van der Waals surface area contributed by atoms with E-state index >= 15 is 0 Å². The summed E-state index contributed by atoms with van der Waals surface area (Å²) in [4.78, 5) is 7.36. The minimum absolute atomic E-state index is 0.226. The molecule has 1 saturated carbocycles. The van der Waals surface area contributed by atoms with Gasteiger partial charge in [-0.1, -0.05) is 24.3 Å². The quantitative estimate of drug-likeness (QED) is 0.869. The Morgan fingerprint density at radius 2 is 2.13 bits per heavy atom. The molecular formula is C19H24N2O2. The van der Waals surface area contributed by atoms with E-state index in [2.05, 4.69) is 42.2 Å². The largest absolute Gasteiger partial charge is 0.376 e. The van der Waals surface area contributed by atoms with E-state index in [9.17, 15) is 0 Å². The van der Waals surface area contributed by atoms with Crippen LogP contribution in [0.15, 0.2) is 36.4 Å². The fourth-order valence-electron chi connectivity index (χ4n) is 3.98. The van der Waals surface area contributed by atoms with Crippen LogP contribution in [0.4, 0.5) is 0 Å². The third-order valence-corrected chi connectivity index (χ3v) is 5.05. The molecule has 3 atom stereocenters. The van der Waals surface area contributed by atoms with Gasteiger partial charge in [0, 0.05) is 31.1 Å². The molecule has 2 fully saturated rings. The first kappa shape index (κ1) is 15.1. The number of hydrogen-bond acceptors (Lipinski definition) is 4. The molecule has 1 aliphatic carbocycles. The monoisotopic (exact) mass is 312 g/mol. The van der Waals surface area contributed by atoms with E-state index in [0.717, 1.165) is 50.4 Å². The van der Waals surface area contributed by atoms with Crippen LogP contribution in [0.5, 0.6) is 0 Å². The number of hydrogen-bond donors (Lipinski definition) is 0. The average Bonchev–Trinajstić information content (AvgIpc) is 2.99. The predicted octanol–water partition coefficient (Wildman–Crippen LogP) is 3.00. The van der Waals surface area contributed by atoms with Crippen molar-refractivity contribution in [3.8, 4) is 0 Å². The lowest BCUT2D eigenvalue weighted by atomic mass is 10.1. The molecule has 1 aromatic heterocycles. The number of morpholine rings is 1. The van der Waals surface area contributed by atoms with Crippen molar-refractivity contribution in [2.75, 3.05) is 19.8 Å². The maximum atomic E-state index is 6.02. The average molecular weight is 312 g/mol. The molecule has 0 radical (unpaired) electrons. The van der Waals surface area contributed by atoms with E-state index in [4.69, 9.17) is 14.5 Å². The zero-order valence-electron chi connectivity index (χ0n) is 13.6. The number of aromatic nitrogens is 1. The van der Waals surface area contributed by atoms with Crippen LogP contribution in [0, 0.1) is 0 Å². The third kappa shape index (κ3) is 2.99. The van der Waals surface area contributed by atoms with Crippen LogP contribution >= 0.6 is 0 Å². The van der Waals surface area contributed by atoms with Gasteiger partial charge in [0.2, 0.25) is 0 Å². The normalized spacial score (nSPS) is 28.1. The molecule has 0 unspecified atom stereocenters. The Morgan fingerprint density at radius 1 is 1.22 bits per heavy atom. The third-order valence-electron chi connectivity index (χ3n) is 5.05. The summed E-state index contributed by atoms with van der Waals surface area (Å²) in [6.45, 7) is 5.50. The summed E-state index contributed by atoms with van der Waals surface area (Å²) in [5.74, 6) is 0. The summed E-state index contributed by atoms with van der Waals surface area (Å²) < 4.78 is 11.9. The Bertz CT molecular complexity index is 675. The summed E-state index contributed by atoms with van der Waals surface area (Å²) in [6.07, 6.45) is 2.75. The molecular weight excluding hydrogens is 288 g/mol. The van der Waals surface area contributed by atoms with Gasteiger partial charge in [-0.05, 0) is 31.9 Å². The lowest BCUT2D eigenvalue weighted by molar-refractivity contribution is -0.113. The van der Waals surface area contributed by atoms with Gasteiger partial charge in [0.25, 0.3) is 0 Å². The van der Waals surface area contributed by atoms with E-state index in [-0.39, 0.29) is 12.2 Å². The SMILES string of the molecule is CCO[C@H]1CC[C@H]2[C@H]1OCCN2Cc1ccc2ccccc2n1. The van der Waals surface area contributed by atoms with Gasteiger partial charge in [-0.2, -0.15) is 0 Å². The Hall–Kier alpha value is -1.49. The van der Waals surface area contributed by atoms with Crippen LogP contribution in [0.2, 0.25) is 0 Å². The fourth-order valence-corrected chi connectivity index (χ4v) is 3.98. The fraction of sp³-hybridized carbons (Fsp3) is 0.526. The highest BCUT2D eigenvalue weighted by Crippen LogP contribution is 2.32. The molecule has 4 rings (SSSR count). The van der Waals surface area contributed by atoms with Crippen molar-refractivity contribution < 1.29 is 9.47 Å². The zero-order valence-corrected chi connectivity index (χ0v) is 13.6. The molecule has 1 saturated heterocycles. The van der Waals surface area contributed by atoms with Gasteiger partial charge in [0.1, 0.15) is 0 Å². The number of ether oxygens (including phenoxy) is 2. The first-order valence-corrected chi connectivity index (χ1v) is 8.67. The first-order valence-electron chi connectivity index (χ1n) is 8.67. The highest BCUT2D eigenvalue weighted by atomic mass is 16.5. The standard InChI is InChI=1S/C19H24N2O2/c1-2-22-18-10-9-17-19(18)23-12-11-21(17)13-15-8-7-14-5-3-4-6-16(14)20-15/h3-8,17-19H,2,9-13H2,1H3/t17-,18-,19+/m0/s1. The van der Waals surface area contributed by atoms with Crippen molar-refractivity contribution in [3.05, 3.63) is 42.1 Å². The van der Waals surface area contributed by atoms with Gasteiger partial charge >= 0.3 is 0 Å². The van der Waals surface area contributed by atoms with Crippen LogP contribution in [0.1, 0.15) is 25.5 Å². The van der Waals surface area contributed by atoms with Crippen molar-refractivity contribution in [3.63, 3.8) is 0 Å². The molecule has 0 spiro atoms. The minimum atomic E-state index is 0.226. The van der Waals surface area contributed by atoms with Crippen molar-refractivity contribution in [2.24, 2.45) is 0 Å². The van der Waals surface area contributed by atoms with Gasteiger partial charge in [-0.25, -0.2) is 0 Å². The summed E-state index contributed by atoms with van der Waals surface area (Å²) in [5.41, 5.74) is 2.22. The smallest absolute Gasteiger partial charge is 0.0992 e. The number of rotatable bonds is 4. The highest BCUT2D eigenvalue weighted by molar-refractivity contribution is 5.78. The molecule has 2 aliphatic rings. The second-order valence-electron chi connectivity index (χ2n) is 6.44. The molecule has 2 heterocycles. The lowest BCUT2D eigenvalue weighted by Gasteiger charge is -2.38. The second-order valence-corrected chi connectivity index (χ2v) is 6.44. The number of pyridine rings is 1. The highest BCUT2D eigenvalue weighted by Gasteiger charge is 2.43. The zero-order chi connectivity index (χ0) is 15.6. The van der Waals surface area contributed by atoms with E-state index in [1.807, 2.05) is 6.07 Å². The summed E-state index contributed by atoms with van der Waals surface area (Å²) in [6, 6.07) is 13.1. The van der Waals surface area contributed by atoms with Crippen LogP contribution in [-0.2, 0) is 16.0 Å². The molecule has 4 nitrogen and oxygen atoms in total. The molecule has 23 heavy (non-hydrogen) atoms. The molecule has 0 N–H and O–H groups in total. The maximum absolute atomic E-state index is 6.02. The lowest BCUT2D eigenvalue weighted by Crippen LogP contribution is -2.51. The Labute approximate surface area is 137 Å². The van der Waals surface area contributed by atoms with Gasteiger partial charge in [0.05, 0.1) is 30.0 Å². The van der Waals surface area contributed by atoms with E-state index in [1.54, 1.807) is 0 Å². The van der Waals surface area contributed by atoms with Gasteiger partial charge in [-0.3, -0.25) is 9.88 Å². The Morgan fingerprint density at radius 3 is 3.04 bits per heavy atom. The molecule has 4 heteroatoms. The van der Waals surface area contributed by atoms with Crippen LogP contribution < -0.4 is 0 Å². The summed E-state index contributed by atoms with van der Waals surface area (Å²) in [7, 11) is 0. The predicted molar refractivity (Wildman–Crippen MR) is 90.3 cm³/mol. The number of para-hydroxylation sites is 1. The number of nitrogens with zero attached hydrogens (tertiary/aromatic N) is 2. The number of benzene rings is 1. The van der Waals surface area contributed by atoms with Crippen molar-refractivity contribution >= 4 is 10.9 Å². The first-order chi connectivity index (χ1) is 11.3. The van der Waals surface area contributed by atoms with E-state index in [0.29, 0.717) is 6.04 Å². The van der Waals surface area contributed by atoms with Gasteiger partial charge in [-0.15, -0.1) is 0 Å². The molecule has 122 valence electrons. The van der Waals surface area contributed by atoms with E-state index < -0.39 is 0 Å². The second kappa shape index (κ2) is 6.56. The van der Waals surface area contributed by atoms with Crippen LogP contribution in [0.3, 0.4) is 0 Å². The molecule has 0 amide bonds. The number of fused-ring (bicyclic) bond motifs is 2. The van der Waals surface area contributed by atoms with Gasteiger partial charge < -0.3 is 9.47 Å². The summed E-state index contributed by atoms with van der Waals surface area (Å²) in [5, 5.41) is 1.20. The Kier molecular flexibility index (Phi) is 4.29. The molecule has 1 aliphatic heterocycles. The van der Waals surface area contributed by atoms with Crippen molar-refractivity contribution in [1.82, 2.24) is 9.88 Å². The van der Waals surface area contributed by atoms with Gasteiger partial charge in [0.15, 0.2) is 0 Å². The molecule has 1 aromatic carbocycles. The van der Waals surface area contributed by atoms with Crippen LogP contribution in [0.25, 0.3) is 10.9 Å². The van der Waals surface area contributed by atoms with Crippen molar-refractivity contribution in [2.45, 2.75) is 44.6 Å². The topological polar surface area (TPSA) is 34.6 Å². The molecule has 0 bridgehead atoms. The summed E-state index contributed by atoms with van der Waals surface area (Å²) >= 11 is 0. The van der Waals surface area contributed by atoms with Crippen molar-refractivity contribution in [1.29, 1.82) is 0 Å². The van der Waals surface area contributed by atoms with E-state index in [1.165, 1.54) is 5.39 Å².